The van der Waals surface area contributed by atoms with Gasteiger partial charge in [-0.1, -0.05) is 24.9 Å². The summed E-state index contributed by atoms with van der Waals surface area (Å²) in [5, 5.41) is 11.8. The minimum absolute atomic E-state index is 0.158. The van der Waals surface area contributed by atoms with E-state index in [-0.39, 0.29) is 5.92 Å². The molecule has 0 amide bonds. The minimum Gasteiger partial charge on any atom is -0.409 e. The van der Waals surface area contributed by atoms with Crippen LogP contribution in [-0.4, -0.2) is 35.1 Å². The molecule has 1 heterocycles. The topological polar surface area (TPSA) is 61.8 Å². The zero-order valence-electron chi connectivity index (χ0n) is 10.1. The second kappa shape index (κ2) is 5.04. The molecule has 0 radical (unpaired) electrons. The molecule has 1 aliphatic carbocycles. The second-order valence-corrected chi connectivity index (χ2v) is 5.32. The van der Waals surface area contributed by atoms with Gasteiger partial charge in [-0.3, -0.25) is 4.90 Å². The summed E-state index contributed by atoms with van der Waals surface area (Å²) in [5.41, 5.74) is 5.64. The number of likely N-dealkylation sites (tertiary alicyclic amines) is 1. The molecule has 2 fully saturated rings. The van der Waals surface area contributed by atoms with Crippen molar-refractivity contribution in [2.45, 2.75) is 45.1 Å². The van der Waals surface area contributed by atoms with Gasteiger partial charge in [0.2, 0.25) is 0 Å². The summed E-state index contributed by atoms with van der Waals surface area (Å²) in [7, 11) is 0. The fourth-order valence-corrected chi connectivity index (χ4v) is 3.27. The van der Waals surface area contributed by atoms with Crippen molar-refractivity contribution >= 4 is 5.84 Å². The van der Waals surface area contributed by atoms with E-state index < -0.39 is 0 Å². The number of hydrogen-bond acceptors (Lipinski definition) is 3. The molecule has 4 heteroatoms. The van der Waals surface area contributed by atoms with E-state index >= 15 is 0 Å². The lowest BCUT2D eigenvalue weighted by molar-refractivity contribution is 0.173. The van der Waals surface area contributed by atoms with Crippen molar-refractivity contribution < 1.29 is 5.21 Å². The molecule has 0 bridgehead atoms. The van der Waals surface area contributed by atoms with E-state index in [4.69, 9.17) is 10.9 Å². The van der Waals surface area contributed by atoms with Crippen molar-refractivity contribution in [1.29, 1.82) is 0 Å². The third-order valence-electron chi connectivity index (χ3n) is 4.25. The van der Waals surface area contributed by atoms with Gasteiger partial charge in [0, 0.05) is 18.5 Å². The Kier molecular flexibility index (Phi) is 3.69. The molecule has 1 saturated carbocycles. The zero-order chi connectivity index (χ0) is 11.5. The monoisotopic (exact) mass is 225 g/mol. The van der Waals surface area contributed by atoms with Crippen LogP contribution in [0.25, 0.3) is 0 Å². The first-order valence-electron chi connectivity index (χ1n) is 6.44. The second-order valence-electron chi connectivity index (χ2n) is 5.32. The third-order valence-corrected chi connectivity index (χ3v) is 4.25. The summed E-state index contributed by atoms with van der Waals surface area (Å²) >= 11 is 0. The number of rotatable bonds is 3. The summed E-state index contributed by atoms with van der Waals surface area (Å²) in [6.45, 7) is 4.17. The standard InChI is InChI=1S/C12H23N3O/c1-9(12(13)14-16)8-15-7-6-10-4-2-3-5-11(10)15/h9-11,16H,2-8H2,1H3,(H2,13,14). The molecule has 1 aliphatic heterocycles. The first-order valence-corrected chi connectivity index (χ1v) is 6.44. The molecule has 1 saturated heterocycles. The molecule has 0 aromatic heterocycles. The predicted octanol–water partition coefficient (Wildman–Crippen LogP) is 1.63. The van der Waals surface area contributed by atoms with E-state index in [1.165, 1.54) is 38.6 Å². The number of nitrogens with two attached hydrogens (primary N) is 1. The average Bonchev–Trinajstić information content (AvgIpc) is 2.72. The van der Waals surface area contributed by atoms with E-state index in [2.05, 4.69) is 10.1 Å². The van der Waals surface area contributed by atoms with Crippen LogP contribution in [0.2, 0.25) is 0 Å². The lowest BCUT2D eigenvalue weighted by Crippen LogP contribution is -2.40. The van der Waals surface area contributed by atoms with Gasteiger partial charge in [0.25, 0.3) is 0 Å². The number of nitrogens with zero attached hydrogens (tertiary/aromatic N) is 2. The van der Waals surface area contributed by atoms with Gasteiger partial charge < -0.3 is 10.9 Å². The van der Waals surface area contributed by atoms with Gasteiger partial charge in [-0.2, -0.15) is 0 Å². The van der Waals surface area contributed by atoms with Gasteiger partial charge in [-0.15, -0.1) is 0 Å². The van der Waals surface area contributed by atoms with Crippen LogP contribution in [0.15, 0.2) is 5.16 Å². The SMILES string of the molecule is CC(CN1CCC2CCCCC21)C(N)=NO. The number of oxime groups is 1. The molecule has 16 heavy (non-hydrogen) atoms. The van der Waals surface area contributed by atoms with Crippen molar-refractivity contribution in [3.8, 4) is 0 Å². The Hall–Kier alpha value is -0.770. The fourth-order valence-electron chi connectivity index (χ4n) is 3.27. The van der Waals surface area contributed by atoms with Crippen molar-refractivity contribution in [2.24, 2.45) is 22.7 Å². The van der Waals surface area contributed by atoms with Crippen LogP contribution in [-0.2, 0) is 0 Å². The quantitative estimate of drug-likeness (QED) is 0.332. The molecule has 0 spiro atoms. The summed E-state index contributed by atoms with van der Waals surface area (Å²) in [4.78, 5) is 2.55. The van der Waals surface area contributed by atoms with Gasteiger partial charge in [-0.05, 0) is 31.7 Å². The maximum Gasteiger partial charge on any atom is 0.143 e. The van der Waals surface area contributed by atoms with E-state index in [1.807, 2.05) is 6.92 Å². The number of hydrogen-bond donors (Lipinski definition) is 2. The molecule has 3 unspecified atom stereocenters. The van der Waals surface area contributed by atoms with Gasteiger partial charge in [0.1, 0.15) is 5.84 Å². The lowest BCUT2D eigenvalue weighted by Gasteiger charge is -2.32. The van der Waals surface area contributed by atoms with E-state index in [1.54, 1.807) is 0 Å². The van der Waals surface area contributed by atoms with E-state index in [0.717, 1.165) is 18.5 Å². The maximum atomic E-state index is 8.66. The van der Waals surface area contributed by atoms with Crippen LogP contribution < -0.4 is 5.73 Å². The highest BCUT2D eigenvalue weighted by atomic mass is 16.4. The predicted molar refractivity (Wildman–Crippen MR) is 64.5 cm³/mol. The Bertz CT molecular complexity index is 267. The Morgan fingerprint density at radius 2 is 2.19 bits per heavy atom. The van der Waals surface area contributed by atoms with Gasteiger partial charge in [-0.25, -0.2) is 0 Å². The summed E-state index contributed by atoms with van der Waals surface area (Å²) in [6, 6.07) is 0.766. The maximum absolute atomic E-state index is 8.66. The Balaban J connectivity index is 1.90. The Morgan fingerprint density at radius 3 is 2.94 bits per heavy atom. The molecule has 2 rings (SSSR count). The normalized spacial score (nSPS) is 33.7. The lowest BCUT2D eigenvalue weighted by atomic mass is 9.85. The zero-order valence-corrected chi connectivity index (χ0v) is 10.1. The highest BCUT2D eigenvalue weighted by Gasteiger charge is 2.36. The summed E-state index contributed by atoms with van der Waals surface area (Å²) < 4.78 is 0. The van der Waals surface area contributed by atoms with Gasteiger partial charge in [0.15, 0.2) is 0 Å². The minimum atomic E-state index is 0.158. The highest BCUT2D eigenvalue weighted by Crippen LogP contribution is 2.36. The first kappa shape index (κ1) is 11.7. The first-order chi connectivity index (χ1) is 7.72. The Labute approximate surface area is 97.5 Å². The molecule has 2 aliphatic rings. The smallest absolute Gasteiger partial charge is 0.143 e. The third kappa shape index (κ3) is 2.32. The summed E-state index contributed by atoms with van der Waals surface area (Å²) in [6.07, 6.45) is 6.86. The molecule has 92 valence electrons. The van der Waals surface area contributed by atoms with Crippen LogP contribution in [0.5, 0.6) is 0 Å². The van der Waals surface area contributed by atoms with E-state index in [9.17, 15) is 0 Å². The molecular formula is C12H23N3O. The Morgan fingerprint density at radius 1 is 1.44 bits per heavy atom. The van der Waals surface area contributed by atoms with Crippen LogP contribution in [0.3, 0.4) is 0 Å². The van der Waals surface area contributed by atoms with Crippen LogP contribution in [0.4, 0.5) is 0 Å². The van der Waals surface area contributed by atoms with Crippen LogP contribution >= 0.6 is 0 Å². The van der Waals surface area contributed by atoms with Gasteiger partial charge in [0.05, 0.1) is 0 Å². The van der Waals surface area contributed by atoms with E-state index in [0.29, 0.717) is 5.84 Å². The summed E-state index contributed by atoms with van der Waals surface area (Å²) in [5.74, 6) is 1.43. The van der Waals surface area contributed by atoms with Crippen molar-refractivity contribution in [3.63, 3.8) is 0 Å². The molecule has 0 aromatic carbocycles. The van der Waals surface area contributed by atoms with Crippen molar-refractivity contribution in [3.05, 3.63) is 0 Å². The van der Waals surface area contributed by atoms with Crippen LogP contribution in [0.1, 0.15) is 39.0 Å². The van der Waals surface area contributed by atoms with Crippen LogP contribution in [0, 0.1) is 11.8 Å². The average molecular weight is 225 g/mol. The molecular weight excluding hydrogens is 202 g/mol. The van der Waals surface area contributed by atoms with Crippen molar-refractivity contribution in [2.75, 3.05) is 13.1 Å². The largest absolute Gasteiger partial charge is 0.409 e. The molecule has 4 nitrogen and oxygen atoms in total. The fraction of sp³-hybridized carbons (Fsp3) is 0.917. The molecule has 3 N–H and O–H groups in total. The van der Waals surface area contributed by atoms with Crippen molar-refractivity contribution in [1.82, 2.24) is 4.90 Å². The van der Waals surface area contributed by atoms with Gasteiger partial charge >= 0.3 is 0 Å². The molecule has 0 aromatic rings. The molecule has 3 atom stereocenters. The number of amidine groups is 1. The highest BCUT2D eigenvalue weighted by molar-refractivity contribution is 5.82. The number of fused-ring (bicyclic) bond motifs is 1.